The lowest BCUT2D eigenvalue weighted by molar-refractivity contribution is 0.233. The number of piperidine rings is 1. The van der Waals surface area contributed by atoms with Crippen LogP contribution in [0.1, 0.15) is 29.9 Å². The Morgan fingerprint density at radius 1 is 0.800 bits per heavy atom. The molecule has 1 N–H and O–H groups in total. The molecule has 25 heavy (non-hydrogen) atoms. The van der Waals surface area contributed by atoms with Crippen molar-refractivity contribution in [3.05, 3.63) is 65.7 Å². The van der Waals surface area contributed by atoms with E-state index in [1.807, 2.05) is 0 Å². The van der Waals surface area contributed by atoms with E-state index in [4.69, 9.17) is 0 Å². The fraction of sp³-hybridized carbons (Fsp3) is 0.455. The van der Waals surface area contributed by atoms with Crippen molar-refractivity contribution in [2.24, 2.45) is 0 Å². The van der Waals surface area contributed by atoms with Crippen LogP contribution in [0.15, 0.2) is 54.6 Å². The lowest BCUT2D eigenvalue weighted by Crippen LogP contribution is -2.43. The highest BCUT2D eigenvalue weighted by molar-refractivity contribution is 5.54. The first-order valence-electron chi connectivity index (χ1n) is 9.71. The van der Waals surface area contributed by atoms with Gasteiger partial charge < -0.3 is 10.2 Å². The van der Waals surface area contributed by atoms with Crippen molar-refractivity contribution >= 4 is 5.69 Å². The number of nitrogens with one attached hydrogen (secondary N) is 1. The van der Waals surface area contributed by atoms with Crippen LogP contribution in [0.5, 0.6) is 0 Å². The summed E-state index contributed by atoms with van der Waals surface area (Å²) in [4.78, 5) is 5.18. The maximum atomic E-state index is 3.45. The molecule has 4 rings (SSSR count). The van der Waals surface area contributed by atoms with Crippen LogP contribution in [0.3, 0.4) is 0 Å². The Balaban J connectivity index is 1.42. The molecule has 2 aliphatic rings. The zero-order valence-electron chi connectivity index (χ0n) is 15.0. The molecule has 0 unspecified atom stereocenters. The lowest BCUT2D eigenvalue weighted by atomic mass is 9.89. The van der Waals surface area contributed by atoms with Crippen molar-refractivity contribution in [3.8, 4) is 0 Å². The summed E-state index contributed by atoms with van der Waals surface area (Å²) in [5.74, 6) is 0.720. The SMILES string of the molecule is c1ccc(C2CCN(c3ccccc3CN3CCNCC3)CC2)cc1. The molecular weight excluding hydrogens is 306 g/mol. The molecule has 3 nitrogen and oxygen atoms in total. The minimum Gasteiger partial charge on any atom is -0.371 e. The maximum absolute atomic E-state index is 3.45. The Bertz CT molecular complexity index is 656. The quantitative estimate of drug-likeness (QED) is 0.923. The average molecular weight is 335 g/mol. The second-order valence-electron chi connectivity index (χ2n) is 7.33. The molecule has 0 radical (unpaired) electrons. The molecule has 0 saturated carbocycles. The van der Waals surface area contributed by atoms with Gasteiger partial charge in [-0.1, -0.05) is 48.5 Å². The summed E-state index contributed by atoms with van der Waals surface area (Å²) in [7, 11) is 0. The Morgan fingerprint density at radius 2 is 1.48 bits per heavy atom. The first-order valence-corrected chi connectivity index (χ1v) is 9.71. The van der Waals surface area contributed by atoms with Gasteiger partial charge in [0.1, 0.15) is 0 Å². The predicted molar refractivity (Wildman–Crippen MR) is 105 cm³/mol. The summed E-state index contributed by atoms with van der Waals surface area (Å²) in [5.41, 5.74) is 4.45. The Kier molecular flexibility index (Phi) is 5.34. The standard InChI is InChI=1S/C22H29N3/c1-2-6-19(7-3-1)20-10-14-25(15-11-20)22-9-5-4-8-21(22)18-24-16-12-23-13-17-24/h1-9,20,23H,10-18H2. The van der Waals surface area contributed by atoms with E-state index in [2.05, 4.69) is 69.7 Å². The molecule has 2 saturated heterocycles. The second kappa shape index (κ2) is 8.03. The third kappa shape index (κ3) is 4.05. The van der Waals surface area contributed by atoms with Gasteiger partial charge in [0.25, 0.3) is 0 Å². The van der Waals surface area contributed by atoms with E-state index >= 15 is 0 Å². The van der Waals surface area contributed by atoms with Gasteiger partial charge in [0, 0.05) is 51.5 Å². The minimum absolute atomic E-state index is 0.720. The van der Waals surface area contributed by atoms with Crippen molar-refractivity contribution in [2.75, 3.05) is 44.2 Å². The number of piperazine rings is 1. The van der Waals surface area contributed by atoms with E-state index in [0.717, 1.165) is 51.7 Å². The molecule has 0 aromatic heterocycles. The topological polar surface area (TPSA) is 18.5 Å². The smallest absolute Gasteiger partial charge is 0.0411 e. The molecule has 0 atom stereocenters. The number of rotatable bonds is 4. The number of benzene rings is 2. The zero-order chi connectivity index (χ0) is 16.9. The number of hydrogen-bond acceptors (Lipinski definition) is 3. The lowest BCUT2D eigenvalue weighted by Gasteiger charge is -2.36. The third-order valence-corrected chi connectivity index (χ3v) is 5.70. The van der Waals surface area contributed by atoms with Gasteiger partial charge in [-0.3, -0.25) is 4.90 Å². The molecule has 2 aromatic rings. The van der Waals surface area contributed by atoms with Crippen LogP contribution in [0.25, 0.3) is 0 Å². The number of anilines is 1. The van der Waals surface area contributed by atoms with Crippen LogP contribution in [-0.4, -0.2) is 44.2 Å². The van der Waals surface area contributed by atoms with E-state index in [1.54, 1.807) is 0 Å². The van der Waals surface area contributed by atoms with Crippen molar-refractivity contribution in [2.45, 2.75) is 25.3 Å². The summed E-state index contributed by atoms with van der Waals surface area (Å²) >= 11 is 0. The maximum Gasteiger partial charge on any atom is 0.0411 e. The summed E-state index contributed by atoms with van der Waals surface area (Å²) < 4.78 is 0. The van der Waals surface area contributed by atoms with Crippen molar-refractivity contribution in [1.29, 1.82) is 0 Å². The molecule has 2 heterocycles. The van der Waals surface area contributed by atoms with Crippen LogP contribution in [0, 0.1) is 0 Å². The molecule has 0 spiro atoms. The Morgan fingerprint density at radius 3 is 2.24 bits per heavy atom. The predicted octanol–water partition coefficient (Wildman–Crippen LogP) is 3.48. The number of para-hydroxylation sites is 1. The summed E-state index contributed by atoms with van der Waals surface area (Å²) in [5, 5.41) is 3.45. The Labute approximate surface area is 151 Å². The summed E-state index contributed by atoms with van der Waals surface area (Å²) in [6, 6.07) is 20.1. The highest BCUT2D eigenvalue weighted by Gasteiger charge is 2.22. The zero-order valence-corrected chi connectivity index (χ0v) is 15.0. The molecule has 2 fully saturated rings. The highest BCUT2D eigenvalue weighted by Crippen LogP contribution is 2.32. The molecule has 0 bridgehead atoms. The van der Waals surface area contributed by atoms with E-state index < -0.39 is 0 Å². The molecular formula is C22H29N3. The largest absolute Gasteiger partial charge is 0.371 e. The number of nitrogens with zero attached hydrogens (tertiary/aromatic N) is 2. The number of hydrogen-bond donors (Lipinski definition) is 1. The van der Waals surface area contributed by atoms with E-state index in [1.165, 1.54) is 29.7 Å². The van der Waals surface area contributed by atoms with Crippen LogP contribution in [-0.2, 0) is 6.54 Å². The van der Waals surface area contributed by atoms with Gasteiger partial charge >= 0.3 is 0 Å². The monoisotopic (exact) mass is 335 g/mol. The first-order chi connectivity index (χ1) is 12.4. The minimum atomic E-state index is 0.720. The van der Waals surface area contributed by atoms with Gasteiger partial charge in [-0.05, 0) is 36.0 Å². The molecule has 0 amide bonds. The second-order valence-corrected chi connectivity index (χ2v) is 7.33. The molecule has 2 aromatic carbocycles. The van der Waals surface area contributed by atoms with Crippen LogP contribution in [0.4, 0.5) is 5.69 Å². The van der Waals surface area contributed by atoms with Crippen LogP contribution in [0.2, 0.25) is 0 Å². The highest BCUT2D eigenvalue weighted by atomic mass is 15.2. The van der Waals surface area contributed by atoms with Gasteiger partial charge in [-0.15, -0.1) is 0 Å². The van der Waals surface area contributed by atoms with E-state index in [0.29, 0.717) is 0 Å². The first kappa shape index (κ1) is 16.6. The van der Waals surface area contributed by atoms with Gasteiger partial charge in [-0.2, -0.15) is 0 Å². The van der Waals surface area contributed by atoms with Gasteiger partial charge in [0.15, 0.2) is 0 Å². The van der Waals surface area contributed by atoms with Crippen molar-refractivity contribution in [3.63, 3.8) is 0 Å². The van der Waals surface area contributed by atoms with Crippen LogP contribution >= 0.6 is 0 Å². The van der Waals surface area contributed by atoms with E-state index in [9.17, 15) is 0 Å². The summed E-state index contributed by atoms with van der Waals surface area (Å²) in [6.45, 7) is 7.96. The molecule has 132 valence electrons. The van der Waals surface area contributed by atoms with Crippen molar-refractivity contribution in [1.82, 2.24) is 10.2 Å². The average Bonchev–Trinajstić information content (AvgIpc) is 2.70. The molecule has 2 aliphatic heterocycles. The van der Waals surface area contributed by atoms with Crippen molar-refractivity contribution < 1.29 is 0 Å². The summed E-state index contributed by atoms with van der Waals surface area (Å²) in [6.07, 6.45) is 2.51. The fourth-order valence-electron chi connectivity index (χ4n) is 4.24. The fourth-order valence-corrected chi connectivity index (χ4v) is 4.24. The van der Waals surface area contributed by atoms with Crippen LogP contribution < -0.4 is 10.2 Å². The van der Waals surface area contributed by atoms with E-state index in [-0.39, 0.29) is 0 Å². The third-order valence-electron chi connectivity index (χ3n) is 5.70. The van der Waals surface area contributed by atoms with Gasteiger partial charge in [-0.25, -0.2) is 0 Å². The molecule has 0 aliphatic carbocycles. The van der Waals surface area contributed by atoms with Gasteiger partial charge in [0.05, 0.1) is 0 Å². The normalized spacial score (nSPS) is 19.9. The van der Waals surface area contributed by atoms with Gasteiger partial charge in [0.2, 0.25) is 0 Å². The Hall–Kier alpha value is -1.84. The molecule has 3 heteroatoms.